The van der Waals surface area contributed by atoms with Crippen LogP contribution < -0.4 is 11.1 Å². The maximum Gasteiger partial charge on any atom is 0.222 e. The van der Waals surface area contributed by atoms with Gasteiger partial charge in [0, 0.05) is 19.1 Å². The Hall–Kier alpha value is -0.610. The molecular weight excluding hydrogens is 204 g/mol. The van der Waals surface area contributed by atoms with E-state index in [-0.39, 0.29) is 5.91 Å². The number of nitrogens with two attached hydrogens (primary N) is 1. The molecule has 1 aliphatic carbocycles. The highest BCUT2D eigenvalue weighted by atomic mass is 16.5. The predicted octanol–water partition coefficient (Wildman–Crippen LogP) is 1.05. The Morgan fingerprint density at radius 3 is 2.94 bits per heavy atom. The molecule has 1 saturated carbocycles. The molecule has 0 aromatic carbocycles. The van der Waals surface area contributed by atoms with E-state index in [4.69, 9.17) is 10.5 Å². The van der Waals surface area contributed by atoms with Crippen molar-refractivity contribution in [2.75, 3.05) is 19.8 Å². The lowest BCUT2D eigenvalue weighted by Gasteiger charge is -2.19. The Bertz CT molecular complexity index is 209. The zero-order valence-electron chi connectivity index (χ0n) is 10.2. The Morgan fingerprint density at radius 1 is 1.44 bits per heavy atom. The normalized spacial score (nSPS) is 24.6. The Kier molecular flexibility index (Phi) is 6.42. The van der Waals surface area contributed by atoms with Gasteiger partial charge in [0.1, 0.15) is 0 Å². The molecule has 1 rings (SSSR count). The van der Waals surface area contributed by atoms with Crippen LogP contribution in [0.3, 0.4) is 0 Å². The summed E-state index contributed by atoms with van der Waals surface area (Å²) in [5.41, 5.74) is 5.66. The second-order valence-electron chi connectivity index (χ2n) is 4.46. The average molecular weight is 228 g/mol. The molecule has 16 heavy (non-hydrogen) atoms. The monoisotopic (exact) mass is 228 g/mol. The SMILES string of the molecule is CCCOCCC(=O)NC1CCCC1CN. The van der Waals surface area contributed by atoms with Crippen LogP contribution in [0.1, 0.15) is 39.0 Å². The maximum atomic E-state index is 11.6. The summed E-state index contributed by atoms with van der Waals surface area (Å²) in [6.07, 6.45) is 4.86. The molecule has 0 aromatic rings. The van der Waals surface area contributed by atoms with Gasteiger partial charge in [-0.2, -0.15) is 0 Å². The first-order valence-electron chi connectivity index (χ1n) is 6.35. The fraction of sp³-hybridized carbons (Fsp3) is 0.917. The van der Waals surface area contributed by atoms with E-state index in [1.54, 1.807) is 0 Å². The first-order valence-corrected chi connectivity index (χ1v) is 6.35. The van der Waals surface area contributed by atoms with Crippen LogP contribution in [0.2, 0.25) is 0 Å². The van der Waals surface area contributed by atoms with Crippen LogP contribution in [-0.2, 0) is 9.53 Å². The van der Waals surface area contributed by atoms with Crippen molar-refractivity contribution in [1.29, 1.82) is 0 Å². The van der Waals surface area contributed by atoms with Crippen LogP contribution >= 0.6 is 0 Å². The molecule has 0 radical (unpaired) electrons. The van der Waals surface area contributed by atoms with Crippen molar-refractivity contribution < 1.29 is 9.53 Å². The molecule has 2 unspecified atom stereocenters. The standard InChI is InChI=1S/C12H24N2O2/c1-2-7-16-8-6-12(15)14-11-5-3-4-10(11)9-13/h10-11H,2-9,13H2,1H3,(H,14,15). The van der Waals surface area contributed by atoms with E-state index in [1.807, 2.05) is 0 Å². The van der Waals surface area contributed by atoms with Crippen molar-refractivity contribution >= 4 is 5.91 Å². The molecule has 1 aliphatic rings. The number of rotatable bonds is 7. The fourth-order valence-corrected chi connectivity index (χ4v) is 2.20. The van der Waals surface area contributed by atoms with Crippen LogP contribution in [-0.4, -0.2) is 31.7 Å². The predicted molar refractivity (Wildman–Crippen MR) is 64.1 cm³/mol. The van der Waals surface area contributed by atoms with Crippen molar-refractivity contribution in [1.82, 2.24) is 5.32 Å². The van der Waals surface area contributed by atoms with Crippen molar-refractivity contribution in [2.45, 2.75) is 45.1 Å². The van der Waals surface area contributed by atoms with E-state index >= 15 is 0 Å². The Labute approximate surface area is 97.9 Å². The summed E-state index contributed by atoms with van der Waals surface area (Å²) in [7, 11) is 0. The van der Waals surface area contributed by atoms with Gasteiger partial charge in [-0.3, -0.25) is 4.79 Å². The van der Waals surface area contributed by atoms with Crippen LogP contribution in [0.4, 0.5) is 0 Å². The van der Waals surface area contributed by atoms with E-state index < -0.39 is 0 Å². The molecule has 2 atom stereocenters. The summed E-state index contributed by atoms with van der Waals surface area (Å²) >= 11 is 0. The summed E-state index contributed by atoms with van der Waals surface area (Å²) in [6, 6.07) is 0.295. The van der Waals surface area contributed by atoms with E-state index in [2.05, 4.69) is 12.2 Å². The third-order valence-electron chi connectivity index (χ3n) is 3.13. The molecule has 0 heterocycles. The summed E-state index contributed by atoms with van der Waals surface area (Å²) in [5, 5.41) is 3.06. The minimum atomic E-state index is 0.0986. The molecule has 0 bridgehead atoms. The molecule has 1 fully saturated rings. The molecular formula is C12H24N2O2. The second-order valence-corrected chi connectivity index (χ2v) is 4.46. The Morgan fingerprint density at radius 2 is 2.25 bits per heavy atom. The molecule has 4 heteroatoms. The van der Waals surface area contributed by atoms with Crippen LogP contribution in [0.15, 0.2) is 0 Å². The second kappa shape index (κ2) is 7.63. The number of carbonyl (C=O) groups excluding carboxylic acids is 1. The van der Waals surface area contributed by atoms with Gasteiger partial charge in [0.2, 0.25) is 5.91 Å². The lowest BCUT2D eigenvalue weighted by Crippen LogP contribution is -2.40. The van der Waals surface area contributed by atoms with Gasteiger partial charge >= 0.3 is 0 Å². The van der Waals surface area contributed by atoms with Gasteiger partial charge < -0.3 is 15.8 Å². The van der Waals surface area contributed by atoms with Crippen molar-refractivity contribution in [3.8, 4) is 0 Å². The molecule has 0 saturated heterocycles. The van der Waals surface area contributed by atoms with Gasteiger partial charge in [0.05, 0.1) is 6.61 Å². The summed E-state index contributed by atoms with van der Waals surface area (Å²) < 4.78 is 5.29. The van der Waals surface area contributed by atoms with Gasteiger partial charge in [0.25, 0.3) is 0 Å². The third-order valence-corrected chi connectivity index (χ3v) is 3.13. The largest absolute Gasteiger partial charge is 0.381 e. The summed E-state index contributed by atoms with van der Waals surface area (Å²) in [4.78, 5) is 11.6. The highest BCUT2D eigenvalue weighted by molar-refractivity contribution is 5.76. The third kappa shape index (κ3) is 4.49. The van der Waals surface area contributed by atoms with Crippen molar-refractivity contribution in [2.24, 2.45) is 11.7 Å². The first kappa shape index (κ1) is 13.5. The fourth-order valence-electron chi connectivity index (χ4n) is 2.20. The van der Waals surface area contributed by atoms with Gasteiger partial charge in [-0.15, -0.1) is 0 Å². The van der Waals surface area contributed by atoms with Gasteiger partial charge in [-0.25, -0.2) is 0 Å². The molecule has 3 N–H and O–H groups in total. The number of hydrogen-bond donors (Lipinski definition) is 2. The van der Waals surface area contributed by atoms with Gasteiger partial charge in [0.15, 0.2) is 0 Å². The molecule has 0 aromatic heterocycles. The van der Waals surface area contributed by atoms with Gasteiger partial charge in [-0.1, -0.05) is 13.3 Å². The zero-order chi connectivity index (χ0) is 11.8. The van der Waals surface area contributed by atoms with Crippen LogP contribution in [0.5, 0.6) is 0 Å². The lowest BCUT2D eigenvalue weighted by atomic mass is 10.0. The maximum absolute atomic E-state index is 11.6. The van der Waals surface area contributed by atoms with Crippen molar-refractivity contribution in [3.05, 3.63) is 0 Å². The first-order chi connectivity index (χ1) is 7.77. The van der Waals surface area contributed by atoms with Gasteiger partial charge in [-0.05, 0) is 31.7 Å². The number of hydrogen-bond acceptors (Lipinski definition) is 3. The lowest BCUT2D eigenvalue weighted by molar-refractivity contribution is -0.123. The topological polar surface area (TPSA) is 64.3 Å². The highest BCUT2D eigenvalue weighted by Crippen LogP contribution is 2.24. The minimum Gasteiger partial charge on any atom is -0.381 e. The average Bonchev–Trinajstić information content (AvgIpc) is 2.71. The number of carbonyl (C=O) groups is 1. The van der Waals surface area contributed by atoms with Crippen LogP contribution in [0, 0.1) is 5.92 Å². The smallest absolute Gasteiger partial charge is 0.222 e. The molecule has 0 aliphatic heterocycles. The molecule has 1 amide bonds. The van der Waals surface area contributed by atoms with Crippen LogP contribution in [0.25, 0.3) is 0 Å². The Balaban J connectivity index is 2.13. The summed E-state index contributed by atoms with van der Waals surface area (Å²) in [6.45, 7) is 4.00. The molecule has 4 nitrogen and oxygen atoms in total. The van der Waals surface area contributed by atoms with E-state index in [0.717, 1.165) is 25.9 Å². The van der Waals surface area contributed by atoms with E-state index in [1.165, 1.54) is 6.42 Å². The summed E-state index contributed by atoms with van der Waals surface area (Å²) in [5.74, 6) is 0.571. The number of nitrogens with one attached hydrogen (secondary N) is 1. The van der Waals surface area contributed by atoms with Crippen molar-refractivity contribution in [3.63, 3.8) is 0 Å². The number of amides is 1. The highest BCUT2D eigenvalue weighted by Gasteiger charge is 2.26. The quantitative estimate of drug-likeness (QED) is 0.640. The number of ether oxygens (including phenoxy) is 1. The van der Waals surface area contributed by atoms with E-state index in [9.17, 15) is 4.79 Å². The zero-order valence-corrected chi connectivity index (χ0v) is 10.2. The van der Waals surface area contributed by atoms with E-state index in [0.29, 0.717) is 31.5 Å². The molecule has 0 spiro atoms. The minimum absolute atomic E-state index is 0.0986. The molecule has 94 valence electrons.